The Morgan fingerprint density at radius 1 is 1.38 bits per heavy atom. The zero-order valence-corrected chi connectivity index (χ0v) is 7.50. The highest BCUT2D eigenvalue weighted by atomic mass is 19.3. The van der Waals surface area contributed by atoms with Gasteiger partial charge >= 0.3 is 0 Å². The number of hydrogen-bond acceptors (Lipinski definition) is 1. The Balaban J connectivity index is 2.79. The molecule has 0 radical (unpaired) electrons. The van der Waals surface area contributed by atoms with E-state index in [0.29, 0.717) is 6.42 Å². The molecule has 0 amide bonds. The number of halogens is 2. The highest BCUT2D eigenvalue weighted by Crippen LogP contribution is 2.19. The smallest absolute Gasteiger partial charge is 0.263 e. The van der Waals surface area contributed by atoms with E-state index in [9.17, 15) is 8.78 Å². The molecule has 0 fully saturated rings. The summed E-state index contributed by atoms with van der Waals surface area (Å²) in [5, 5.41) is 0. The molecule has 1 aromatic rings. The van der Waals surface area contributed by atoms with Gasteiger partial charge in [0.15, 0.2) is 0 Å². The molecule has 0 saturated heterocycles. The Hall–Kier alpha value is -0.960. The Kier molecular flexibility index (Phi) is 3.37. The zero-order valence-electron chi connectivity index (χ0n) is 7.50. The lowest BCUT2D eigenvalue weighted by atomic mass is 10.1. The maximum Gasteiger partial charge on any atom is 0.263 e. The third-order valence-electron chi connectivity index (χ3n) is 1.76. The average Bonchev–Trinajstić information content (AvgIpc) is 2.03. The molecule has 0 aliphatic carbocycles. The molecule has 13 heavy (non-hydrogen) atoms. The average molecular weight is 185 g/mol. The molecule has 0 aliphatic rings. The molecule has 1 nitrogen and oxygen atoms in total. The predicted molar refractivity (Wildman–Crippen MR) is 48.8 cm³/mol. The molecule has 0 bridgehead atoms. The van der Waals surface area contributed by atoms with Crippen molar-refractivity contribution in [3.8, 4) is 0 Å². The third-order valence-corrected chi connectivity index (χ3v) is 1.76. The van der Waals surface area contributed by atoms with Crippen LogP contribution < -0.4 is 5.73 Å². The molecule has 0 unspecified atom stereocenters. The number of rotatable bonds is 3. The maximum absolute atomic E-state index is 12.3. The van der Waals surface area contributed by atoms with Gasteiger partial charge in [-0.25, -0.2) is 8.78 Å². The second-order valence-corrected chi connectivity index (χ2v) is 3.23. The zero-order chi connectivity index (χ0) is 9.84. The van der Waals surface area contributed by atoms with Crippen LogP contribution in [0.15, 0.2) is 24.3 Å². The molecule has 0 heterocycles. The first-order valence-corrected chi connectivity index (χ1v) is 4.22. The Morgan fingerprint density at radius 3 is 2.62 bits per heavy atom. The first-order chi connectivity index (χ1) is 6.09. The molecule has 72 valence electrons. The fourth-order valence-electron chi connectivity index (χ4n) is 1.23. The third kappa shape index (κ3) is 3.11. The largest absolute Gasteiger partial charge is 0.328 e. The van der Waals surface area contributed by atoms with Crippen LogP contribution in [0.4, 0.5) is 8.78 Å². The van der Waals surface area contributed by atoms with Crippen molar-refractivity contribution in [1.82, 2.24) is 0 Å². The van der Waals surface area contributed by atoms with Crippen LogP contribution in [0.3, 0.4) is 0 Å². The lowest BCUT2D eigenvalue weighted by Gasteiger charge is -2.06. The van der Waals surface area contributed by atoms with Crippen molar-refractivity contribution in [3.63, 3.8) is 0 Å². The molecule has 0 aliphatic heterocycles. The fraction of sp³-hybridized carbons (Fsp3) is 0.400. The van der Waals surface area contributed by atoms with Crippen LogP contribution in [0.2, 0.25) is 0 Å². The van der Waals surface area contributed by atoms with Crippen LogP contribution in [0.25, 0.3) is 0 Å². The van der Waals surface area contributed by atoms with Crippen molar-refractivity contribution in [2.45, 2.75) is 25.8 Å². The van der Waals surface area contributed by atoms with E-state index in [0.717, 1.165) is 5.56 Å². The van der Waals surface area contributed by atoms with E-state index < -0.39 is 6.43 Å². The van der Waals surface area contributed by atoms with Gasteiger partial charge in [-0.1, -0.05) is 24.3 Å². The summed E-state index contributed by atoms with van der Waals surface area (Å²) < 4.78 is 24.5. The minimum absolute atomic E-state index is 0.00734. The van der Waals surface area contributed by atoms with Gasteiger partial charge in [-0.15, -0.1) is 0 Å². The van der Waals surface area contributed by atoms with E-state index >= 15 is 0 Å². The minimum atomic E-state index is -2.40. The van der Waals surface area contributed by atoms with Crippen molar-refractivity contribution >= 4 is 0 Å². The summed E-state index contributed by atoms with van der Waals surface area (Å²) in [6.07, 6.45) is -1.76. The van der Waals surface area contributed by atoms with Crippen LogP contribution >= 0.6 is 0 Å². The SMILES string of the molecule is C[C@@H](N)Cc1cccc(C(F)F)c1. The van der Waals surface area contributed by atoms with Crippen LogP contribution in [0.1, 0.15) is 24.5 Å². The van der Waals surface area contributed by atoms with Crippen LogP contribution in [-0.2, 0) is 6.42 Å². The highest BCUT2D eigenvalue weighted by Gasteiger charge is 2.07. The summed E-state index contributed by atoms with van der Waals surface area (Å²) in [5.41, 5.74) is 6.50. The van der Waals surface area contributed by atoms with E-state index in [1.807, 2.05) is 13.0 Å². The molecule has 2 N–H and O–H groups in total. The Bertz CT molecular complexity index is 271. The molecule has 1 atom stereocenters. The van der Waals surface area contributed by atoms with E-state index in [2.05, 4.69) is 0 Å². The molecule has 0 aromatic heterocycles. The van der Waals surface area contributed by atoms with E-state index in [4.69, 9.17) is 5.73 Å². The highest BCUT2D eigenvalue weighted by molar-refractivity contribution is 5.24. The van der Waals surface area contributed by atoms with Crippen molar-refractivity contribution < 1.29 is 8.78 Å². The topological polar surface area (TPSA) is 26.0 Å². The van der Waals surface area contributed by atoms with Gasteiger partial charge in [0.2, 0.25) is 0 Å². The first kappa shape index (κ1) is 10.1. The van der Waals surface area contributed by atoms with Crippen LogP contribution in [0.5, 0.6) is 0 Å². The lowest BCUT2D eigenvalue weighted by molar-refractivity contribution is 0.151. The fourth-order valence-corrected chi connectivity index (χ4v) is 1.23. The number of benzene rings is 1. The molecule has 1 aromatic carbocycles. The van der Waals surface area contributed by atoms with E-state index in [1.54, 1.807) is 6.07 Å². The molecular weight excluding hydrogens is 172 g/mol. The first-order valence-electron chi connectivity index (χ1n) is 4.22. The summed E-state index contributed by atoms with van der Waals surface area (Å²) in [4.78, 5) is 0. The number of nitrogens with two attached hydrogens (primary N) is 1. The van der Waals surface area contributed by atoms with Gasteiger partial charge < -0.3 is 5.73 Å². The van der Waals surface area contributed by atoms with Crippen molar-refractivity contribution in [1.29, 1.82) is 0 Å². The summed E-state index contributed by atoms with van der Waals surface area (Å²) in [5.74, 6) is 0. The van der Waals surface area contributed by atoms with Crippen LogP contribution in [0, 0.1) is 0 Å². The van der Waals surface area contributed by atoms with Gasteiger partial charge in [-0.05, 0) is 18.9 Å². The monoisotopic (exact) mass is 185 g/mol. The van der Waals surface area contributed by atoms with Crippen molar-refractivity contribution in [2.24, 2.45) is 5.73 Å². The van der Waals surface area contributed by atoms with E-state index in [1.165, 1.54) is 12.1 Å². The van der Waals surface area contributed by atoms with E-state index in [-0.39, 0.29) is 11.6 Å². The summed E-state index contributed by atoms with van der Waals surface area (Å²) in [6.45, 7) is 1.86. The van der Waals surface area contributed by atoms with Crippen molar-refractivity contribution in [3.05, 3.63) is 35.4 Å². The quantitative estimate of drug-likeness (QED) is 0.769. The Labute approximate surface area is 76.6 Å². The summed E-state index contributed by atoms with van der Waals surface area (Å²) in [6, 6.07) is 6.39. The molecule has 3 heteroatoms. The lowest BCUT2D eigenvalue weighted by Crippen LogP contribution is -2.17. The number of hydrogen-bond donors (Lipinski definition) is 1. The normalized spacial score (nSPS) is 13.3. The minimum Gasteiger partial charge on any atom is -0.328 e. The summed E-state index contributed by atoms with van der Waals surface area (Å²) >= 11 is 0. The Morgan fingerprint density at radius 2 is 2.08 bits per heavy atom. The van der Waals surface area contributed by atoms with Gasteiger partial charge in [0.05, 0.1) is 0 Å². The summed E-state index contributed by atoms with van der Waals surface area (Å²) in [7, 11) is 0. The predicted octanol–water partition coefficient (Wildman–Crippen LogP) is 2.51. The van der Waals surface area contributed by atoms with Crippen LogP contribution in [-0.4, -0.2) is 6.04 Å². The van der Waals surface area contributed by atoms with Gasteiger partial charge in [0, 0.05) is 11.6 Å². The van der Waals surface area contributed by atoms with Gasteiger partial charge in [0.25, 0.3) is 6.43 Å². The molecule has 0 saturated carbocycles. The number of alkyl halides is 2. The second-order valence-electron chi connectivity index (χ2n) is 3.23. The standard InChI is InChI=1S/C10H13F2N/c1-7(13)5-8-3-2-4-9(6-8)10(11)12/h2-4,6-7,10H,5,13H2,1H3/t7-/m1/s1. The van der Waals surface area contributed by atoms with Gasteiger partial charge in [0.1, 0.15) is 0 Å². The maximum atomic E-state index is 12.3. The molecule has 1 rings (SSSR count). The molecular formula is C10H13F2N. The second kappa shape index (κ2) is 4.33. The van der Waals surface area contributed by atoms with Gasteiger partial charge in [-0.2, -0.15) is 0 Å². The molecule has 0 spiro atoms. The van der Waals surface area contributed by atoms with Crippen molar-refractivity contribution in [2.75, 3.05) is 0 Å². The van der Waals surface area contributed by atoms with Gasteiger partial charge in [-0.3, -0.25) is 0 Å².